The highest BCUT2D eigenvalue weighted by Gasteiger charge is 2.19. The SMILES string of the molecule is CCCCn1c(SC(C)C(=O)Nc2ccc(Oc3ccccc3)cc2)n[nH]c1=O. The predicted octanol–water partition coefficient (Wildman–Crippen LogP) is 4.28. The summed E-state index contributed by atoms with van der Waals surface area (Å²) in [4.78, 5) is 24.4. The van der Waals surface area contributed by atoms with E-state index in [2.05, 4.69) is 22.4 Å². The number of anilines is 1. The summed E-state index contributed by atoms with van der Waals surface area (Å²) < 4.78 is 7.33. The van der Waals surface area contributed by atoms with Crippen molar-refractivity contribution < 1.29 is 9.53 Å². The number of aromatic amines is 1. The molecule has 0 fully saturated rings. The van der Waals surface area contributed by atoms with E-state index in [4.69, 9.17) is 4.74 Å². The molecule has 0 aliphatic heterocycles. The Bertz CT molecular complexity index is 983. The third-order valence-electron chi connectivity index (χ3n) is 4.21. The molecule has 0 radical (unpaired) electrons. The van der Waals surface area contributed by atoms with Crippen LogP contribution >= 0.6 is 11.8 Å². The van der Waals surface area contributed by atoms with Crippen LogP contribution in [-0.4, -0.2) is 25.9 Å². The van der Waals surface area contributed by atoms with E-state index in [1.807, 2.05) is 30.3 Å². The number of nitrogens with one attached hydrogen (secondary N) is 2. The molecule has 3 rings (SSSR count). The molecule has 152 valence electrons. The third-order valence-corrected chi connectivity index (χ3v) is 5.30. The van der Waals surface area contributed by atoms with Crippen molar-refractivity contribution in [3.05, 3.63) is 65.1 Å². The molecule has 2 aromatic carbocycles. The molecule has 29 heavy (non-hydrogen) atoms. The van der Waals surface area contributed by atoms with Gasteiger partial charge in [-0.15, -0.1) is 5.10 Å². The Morgan fingerprint density at radius 2 is 1.86 bits per heavy atom. The van der Waals surface area contributed by atoms with Crippen molar-refractivity contribution in [3.8, 4) is 11.5 Å². The molecule has 0 aliphatic rings. The van der Waals surface area contributed by atoms with Crippen LogP contribution in [0.25, 0.3) is 0 Å². The Labute approximate surface area is 173 Å². The van der Waals surface area contributed by atoms with Gasteiger partial charge in [0.15, 0.2) is 5.16 Å². The van der Waals surface area contributed by atoms with Gasteiger partial charge in [-0.25, -0.2) is 9.89 Å². The summed E-state index contributed by atoms with van der Waals surface area (Å²) in [6.07, 6.45) is 1.85. The second-order valence-electron chi connectivity index (χ2n) is 6.51. The summed E-state index contributed by atoms with van der Waals surface area (Å²) in [5, 5.41) is 9.49. The lowest BCUT2D eigenvalue weighted by Gasteiger charge is -2.12. The maximum absolute atomic E-state index is 12.5. The average molecular weight is 413 g/mol. The molecule has 7 nitrogen and oxygen atoms in total. The number of H-pyrrole nitrogens is 1. The second kappa shape index (κ2) is 9.97. The predicted molar refractivity (Wildman–Crippen MR) is 115 cm³/mol. The van der Waals surface area contributed by atoms with Gasteiger partial charge < -0.3 is 10.1 Å². The van der Waals surface area contributed by atoms with Gasteiger partial charge >= 0.3 is 5.69 Å². The number of carbonyl (C=O) groups excluding carboxylic acids is 1. The van der Waals surface area contributed by atoms with Crippen LogP contribution in [0.1, 0.15) is 26.7 Å². The zero-order chi connectivity index (χ0) is 20.6. The maximum Gasteiger partial charge on any atom is 0.343 e. The molecule has 1 heterocycles. The maximum atomic E-state index is 12.5. The number of nitrogens with zero attached hydrogens (tertiary/aromatic N) is 2. The Morgan fingerprint density at radius 3 is 2.55 bits per heavy atom. The molecular formula is C21H24N4O3S. The van der Waals surface area contributed by atoms with Crippen LogP contribution < -0.4 is 15.7 Å². The van der Waals surface area contributed by atoms with E-state index in [0.717, 1.165) is 18.6 Å². The molecule has 0 bridgehead atoms. The lowest BCUT2D eigenvalue weighted by atomic mass is 10.3. The first kappa shape index (κ1) is 20.7. The van der Waals surface area contributed by atoms with Crippen LogP contribution in [0.3, 0.4) is 0 Å². The van der Waals surface area contributed by atoms with Gasteiger partial charge in [0.1, 0.15) is 11.5 Å². The van der Waals surface area contributed by atoms with E-state index in [9.17, 15) is 9.59 Å². The van der Waals surface area contributed by atoms with Gasteiger partial charge in [0.2, 0.25) is 5.91 Å². The molecule has 0 saturated carbocycles. The average Bonchev–Trinajstić information content (AvgIpc) is 3.07. The van der Waals surface area contributed by atoms with Crippen LogP contribution in [0, 0.1) is 0 Å². The van der Waals surface area contributed by atoms with Crippen molar-refractivity contribution in [2.24, 2.45) is 0 Å². The fourth-order valence-corrected chi connectivity index (χ4v) is 3.48. The van der Waals surface area contributed by atoms with Crippen LogP contribution in [-0.2, 0) is 11.3 Å². The number of rotatable bonds is 9. The van der Waals surface area contributed by atoms with Crippen LogP contribution in [0.15, 0.2) is 64.5 Å². The van der Waals surface area contributed by atoms with Crippen molar-refractivity contribution in [1.82, 2.24) is 14.8 Å². The number of carbonyl (C=O) groups is 1. The minimum atomic E-state index is -0.411. The van der Waals surface area contributed by atoms with E-state index >= 15 is 0 Å². The van der Waals surface area contributed by atoms with E-state index < -0.39 is 5.25 Å². The zero-order valence-corrected chi connectivity index (χ0v) is 17.2. The molecule has 0 saturated heterocycles. The lowest BCUT2D eigenvalue weighted by Crippen LogP contribution is -2.24. The first-order chi connectivity index (χ1) is 14.1. The van der Waals surface area contributed by atoms with Gasteiger partial charge in [-0.3, -0.25) is 9.36 Å². The topological polar surface area (TPSA) is 89.0 Å². The molecular weight excluding hydrogens is 388 g/mol. The second-order valence-corrected chi connectivity index (χ2v) is 7.81. The molecule has 2 N–H and O–H groups in total. The summed E-state index contributed by atoms with van der Waals surface area (Å²) in [5.74, 6) is 1.28. The van der Waals surface area contributed by atoms with Gasteiger partial charge in [-0.05, 0) is 49.7 Å². The van der Waals surface area contributed by atoms with Gasteiger partial charge in [0.05, 0.1) is 5.25 Å². The molecule has 0 aliphatic carbocycles. The van der Waals surface area contributed by atoms with Crippen LogP contribution in [0.5, 0.6) is 11.5 Å². The molecule has 1 aromatic heterocycles. The van der Waals surface area contributed by atoms with Gasteiger partial charge in [0.25, 0.3) is 0 Å². The number of benzene rings is 2. The smallest absolute Gasteiger partial charge is 0.343 e. The van der Waals surface area contributed by atoms with E-state index in [-0.39, 0.29) is 11.6 Å². The number of para-hydroxylation sites is 1. The van der Waals surface area contributed by atoms with Crippen LogP contribution in [0.2, 0.25) is 0 Å². The highest BCUT2D eigenvalue weighted by molar-refractivity contribution is 8.00. The molecule has 3 aromatic rings. The summed E-state index contributed by atoms with van der Waals surface area (Å²) in [7, 11) is 0. The number of thioether (sulfide) groups is 1. The first-order valence-electron chi connectivity index (χ1n) is 9.52. The van der Waals surface area contributed by atoms with E-state index in [1.54, 1.807) is 35.8 Å². The minimum Gasteiger partial charge on any atom is -0.457 e. The standard InChI is InChI=1S/C21H24N4O3S/c1-3-4-14-25-20(27)23-24-21(25)29-15(2)19(26)22-16-10-12-18(13-11-16)28-17-8-6-5-7-9-17/h5-13,15H,3-4,14H2,1-2H3,(H,22,26)(H,23,27). The van der Waals surface area contributed by atoms with Crippen molar-refractivity contribution in [2.45, 2.75) is 43.6 Å². The number of aromatic nitrogens is 3. The molecule has 1 amide bonds. The molecule has 1 atom stereocenters. The highest BCUT2D eigenvalue weighted by Crippen LogP contribution is 2.24. The number of hydrogen-bond donors (Lipinski definition) is 2. The summed E-state index contributed by atoms with van der Waals surface area (Å²) in [5.41, 5.74) is 0.427. The van der Waals surface area contributed by atoms with Gasteiger partial charge in [-0.2, -0.15) is 0 Å². The Kier molecular flexibility index (Phi) is 7.13. The summed E-state index contributed by atoms with van der Waals surface area (Å²) >= 11 is 1.26. The normalized spacial score (nSPS) is 11.8. The zero-order valence-electron chi connectivity index (χ0n) is 16.4. The number of unbranched alkanes of at least 4 members (excludes halogenated alkanes) is 1. The Hall–Kier alpha value is -3.00. The number of ether oxygens (including phenoxy) is 1. The summed E-state index contributed by atoms with van der Waals surface area (Å²) in [6.45, 7) is 4.44. The van der Waals surface area contributed by atoms with Crippen molar-refractivity contribution >= 4 is 23.4 Å². The van der Waals surface area contributed by atoms with Crippen molar-refractivity contribution in [3.63, 3.8) is 0 Å². The first-order valence-corrected chi connectivity index (χ1v) is 10.4. The minimum absolute atomic E-state index is 0.163. The van der Waals surface area contributed by atoms with Crippen molar-refractivity contribution in [2.75, 3.05) is 5.32 Å². The van der Waals surface area contributed by atoms with Crippen molar-refractivity contribution in [1.29, 1.82) is 0 Å². The fourth-order valence-electron chi connectivity index (χ4n) is 2.59. The largest absolute Gasteiger partial charge is 0.457 e. The quantitative estimate of drug-likeness (QED) is 0.512. The van der Waals surface area contributed by atoms with Crippen LogP contribution in [0.4, 0.5) is 5.69 Å². The van der Waals surface area contributed by atoms with E-state index in [1.165, 1.54) is 11.8 Å². The third kappa shape index (κ3) is 5.74. The van der Waals surface area contributed by atoms with Gasteiger partial charge in [-0.1, -0.05) is 43.3 Å². The highest BCUT2D eigenvalue weighted by atomic mass is 32.2. The Balaban J connectivity index is 1.58. The Morgan fingerprint density at radius 1 is 1.17 bits per heavy atom. The number of hydrogen-bond acceptors (Lipinski definition) is 5. The monoisotopic (exact) mass is 412 g/mol. The van der Waals surface area contributed by atoms with E-state index in [0.29, 0.717) is 23.1 Å². The fraction of sp³-hybridized carbons (Fsp3) is 0.286. The molecule has 0 spiro atoms. The molecule has 8 heteroatoms. The molecule has 1 unspecified atom stereocenters. The van der Waals surface area contributed by atoms with Gasteiger partial charge in [0, 0.05) is 12.2 Å². The number of amides is 1. The summed E-state index contributed by atoms with van der Waals surface area (Å²) in [6, 6.07) is 16.7. The lowest BCUT2D eigenvalue weighted by molar-refractivity contribution is -0.115.